The van der Waals surface area contributed by atoms with Crippen LogP contribution in [0, 0.1) is 20.8 Å². The van der Waals surface area contributed by atoms with Crippen molar-refractivity contribution in [2.75, 3.05) is 45.2 Å². The zero-order valence-corrected chi connectivity index (χ0v) is 17.7. The standard InChI is InChI=1S/C23H29N3O3/c1-16-8-9-19(14-20(16)29-4)23(28)26-12-10-25(11-13-26)15-21(27)24-22-17(2)6-5-7-18(22)3/h5-9,14H,10-13,15H2,1-4H3,(H,24,27)/p+1. The van der Waals surface area contributed by atoms with Gasteiger partial charge in [-0.25, -0.2) is 0 Å². The molecule has 0 aromatic heterocycles. The summed E-state index contributed by atoms with van der Waals surface area (Å²) in [5.74, 6) is 0.756. The lowest BCUT2D eigenvalue weighted by molar-refractivity contribution is -0.895. The first-order valence-corrected chi connectivity index (χ1v) is 10.0. The van der Waals surface area contributed by atoms with Crippen molar-refractivity contribution in [1.29, 1.82) is 0 Å². The lowest BCUT2D eigenvalue weighted by Gasteiger charge is -2.32. The van der Waals surface area contributed by atoms with Gasteiger partial charge in [-0.3, -0.25) is 9.59 Å². The Labute approximate surface area is 172 Å². The number of quaternary nitrogens is 1. The number of carbonyl (C=O) groups is 2. The predicted molar refractivity (Wildman–Crippen MR) is 114 cm³/mol. The summed E-state index contributed by atoms with van der Waals surface area (Å²) in [6.07, 6.45) is 0. The molecule has 0 atom stereocenters. The van der Waals surface area contributed by atoms with Crippen LogP contribution in [0.2, 0.25) is 0 Å². The van der Waals surface area contributed by atoms with Gasteiger partial charge in [-0.1, -0.05) is 24.3 Å². The van der Waals surface area contributed by atoms with Crippen LogP contribution in [0.15, 0.2) is 36.4 Å². The molecule has 2 amide bonds. The van der Waals surface area contributed by atoms with E-state index >= 15 is 0 Å². The molecule has 29 heavy (non-hydrogen) atoms. The zero-order chi connectivity index (χ0) is 21.0. The number of nitrogens with one attached hydrogen (secondary N) is 2. The smallest absolute Gasteiger partial charge is 0.279 e. The van der Waals surface area contributed by atoms with E-state index in [9.17, 15) is 9.59 Å². The summed E-state index contributed by atoms with van der Waals surface area (Å²) >= 11 is 0. The van der Waals surface area contributed by atoms with E-state index in [1.807, 2.05) is 56.0 Å². The highest BCUT2D eigenvalue weighted by Crippen LogP contribution is 2.20. The Morgan fingerprint density at radius 3 is 2.31 bits per heavy atom. The molecule has 3 rings (SSSR count). The number of para-hydroxylation sites is 1. The Morgan fingerprint density at radius 2 is 1.69 bits per heavy atom. The third-order valence-electron chi connectivity index (χ3n) is 5.57. The normalized spacial score (nSPS) is 14.6. The Balaban J connectivity index is 1.54. The van der Waals surface area contributed by atoms with Crippen LogP contribution in [-0.2, 0) is 4.79 Å². The molecule has 0 bridgehead atoms. The van der Waals surface area contributed by atoms with Crippen LogP contribution in [0.4, 0.5) is 5.69 Å². The Hall–Kier alpha value is -2.86. The Kier molecular flexibility index (Phi) is 6.54. The van der Waals surface area contributed by atoms with Crippen molar-refractivity contribution in [2.24, 2.45) is 0 Å². The van der Waals surface area contributed by atoms with E-state index in [-0.39, 0.29) is 11.8 Å². The fourth-order valence-electron chi connectivity index (χ4n) is 3.76. The molecule has 1 aliphatic rings. The van der Waals surface area contributed by atoms with E-state index in [2.05, 4.69) is 5.32 Å². The average molecular weight is 397 g/mol. The number of amides is 2. The molecule has 0 saturated carbocycles. The van der Waals surface area contributed by atoms with Gasteiger partial charge in [0.25, 0.3) is 11.8 Å². The van der Waals surface area contributed by atoms with Crippen molar-refractivity contribution in [3.63, 3.8) is 0 Å². The molecule has 1 saturated heterocycles. The van der Waals surface area contributed by atoms with Crippen LogP contribution in [-0.4, -0.2) is 56.5 Å². The van der Waals surface area contributed by atoms with E-state index < -0.39 is 0 Å². The largest absolute Gasteiger partial charge is 0.496 e. The number of carbonyl (C=O) groups excluding carboxylic acids is 2. The molecule has 6 heteroatoms. The minimum Gasteiger partial charge on any atom is -0.496 e. The fourth-order valence-corrected chi connectivity index (χ4v) is 3.76. The summed E-state index contributed by atoms with van der Waals surface area (Å²) in [4.78, 5) is 28.4. The summed E-state index contributed by atoms with van der Waals surface area (Å²) in [6, 6.07) is 11.5. The van der Waals surface area contributed by atoms with Gasteiger partial charge in [-0.2, -0.15) is 0 Å². The molecular weight excluding hydrogens is 366 g/mol. The molecule has 1 heterocycles. The summed E-state index contributed by atoms with van der Waals surface area (Å²) < 4.78 is 5.33. The topological polar surface area (TPSA) is 63.1 Å². The van der Waals surface area contributed by atoms with Crippen molar-refractivity contribution in [3.8, 4) is 5.75 Å². The number of piperazine rings is 1. The van der Waals surface area contributed by atoms with E-state index in [1.165, 1.54) is 4.90 Å². The van der Waals surface area contributed by atoms with Crippen LogP contribution in [0.3, 0.4) is 0 Å². The molecule has 6 nitrogen and oxygen atoms in total. The molecule has 0 spiro atoms. The van der Waals surface area contributed by atoms with Crippen molar-refractivity contribution in [3.05, 3.63) is 58.7 Å². The van der Waals surface area contributed by atoms with Gasteiger partial charge >= 0.3 is 0 Å². The van der Waals surface area contributed by atoms with Gasteiger partial charge in [0, 0.05) is 11.3 Å². The second-order valence-electron chi connectivity index (χ2n) is 7.72. The van der Waals surface area contributed by atoms with Crippen LogP contribution >= 0.6 is 0 Å². The van der Waals surface area contributed by atoms with E-state index in [0.717, 1.165) is 41.2 Å². The van der Waals surface area contributed by atoms with Crippen LogP contribution < -0.4 is 15.0 Å². The van der Waals surface area contributed by atoms with Crippen molar-refractivity contribution in [1.82, 2.24) is 4.90 Å². The summed E-state index contributed by atoms with van der Waals surface area (Å²) in [5, 5.41) is 3.05. The number of hydrogen-bond donors (Lipinski definition) is 2. The summed E-state index contributed by atoms with van der Waals surface area (Å²) in [5.41, 5.74) is 4.69. The first kappa shape index (κ1) is 20.9. The molecule has 0 radical (unpaired) electrons. The highest BCUT2D eigenvalue weighted by atomic mass is 16.5. The lowest BCUT2D eigenvalue weighted by Crippen LogP contribution is -3.15. The van der Waals surface area contributed by atoms with Gasteiger partial charge in [0.1, 0.15) is 5.75 Å². The fraction of sp³-hybridized carbons (Fsp3) is 0.391. The number of aryl methyl sites for hydroxylation is 3. The molecule has 2 aromatic rings. The minimum atomic E-state index is 0.0143. The third-order valence-corrected chi connectivity index (χ3v) is 5.57. The van der Waals surface area contributed by atoms with Crippen LogP contribution in [0.5, 0.6) is 5.75 Å². The van der Waals surface area contributed by atoms with Crippen molar-refractivity contribution in [2.45, 2.75) is 20.8 Å². The van der Waals surface area contributed by atoms with Gasteiger partial charge in [0.2, 0.25) is 0 Å². The van der Waals surface area contributed by atoms with Gasteiger partial charge in [0.15, 0.2) is 6.54 Å². The molecule has 2 aromatic carbocycles. The quantitative estimate of drug-likeness (QED) is 0.807. The second kappa shape index (κ2) is 9.09. The molecule has 0 unspecified atom stereocenters. The molecular formula is C23H30N3O3+. The van der Waals surface area contributed by atoms with Gasteiger partial charge in [-0.15, -0.1) is 0 Å². The maximum absolute atomic E-state index is 12.8. The lowest BCUT2D eigenvalue weighted by atomic mass is 10.1. The number of methoxy groups -OCH3 is 1. The summed E-state index contributed by atoms with van der Waals surface area (Å²) in [6.45, 7) is 9.17. The number of hydrogen-bond acceptors (Lipinski definition) is 3. The number of anilines is 1. The number of benzene rings is 2. The minimum absolute atomic E-state index is 0.0143. The molecule has 0 aliphatic carbocycles. The number of nitrogens with zero attached hydrogens (tertiary/aromatic N) is 1. The highest BCUT2D eigenvalue weighted by molar-refractivity contribution is 5.95. The third kappa shape index (κ3) is 4.95. The van der Waals surface area contributed by atoms with Gasteiger partial charge < -0.3 is 19.9 Å². The van der Waals surface area contributed by atoms with Gasteiger partial charge in [0.05, 0.1) is 33.3 Å². The molecule has 1 aliphatic heterocycles. The predicted octanol–water partition coefficient (Wildman–Crippen LogP) is 1.60. The molecule has 1 fully saturated rings. The SMILES string of the molecule is COc1cc(C(=O)N2CC[NH+](CC(=O)Nc3c(C)cccc3C)CC2)ccc1C. The first-order valence-electron chi connectivity index (χ1n) is 10.0. The first-order chi connectivity index (χ1) is 13.9. The van der Waals surface area contributed by atoms with Crippen molar-refractivity contribution >= 4 is 17.5 Å². The molecule has 154 valence electrons. The average Bonchev–Trinajstić information content (AvgIpc) is 2.71. The van der Waals surface area contributed by atoms with E-state index in [1.54, 1.807) is 13.2 Å². The van der Waals surface area contributed by atoms with E-state index in [0.29, 0.717) is 25.2 Å². The summed E-state index contributed by atoms with van der Waals surface area (Å²) in [7, 11) is 1.61. The zero-order valence-electron chi connectivity index (χ0n) is 17.7. The number of rotatable bonds is 5. The highest BCUT2D eigenvalue weighted by Gasteiger charge is 2.26. The maximum Gasteiger partial charge on any atom is 0.279 e. The van der Waals surface area contributed by atoms with E-state index in [4.69, 9.17) is 4.74 Å². The number of ether oxygens (including phenoxy) is 1. The Morgan fingerprint density at radius 1 is 1.03 bits per heavy atom. The monoisotopic (exact) mass is 396 g/mol. The second-order valence-corrected chi connectivity index (χ2v) is 7.72. The van der Waals surface area contributed by atoms with Gasteiger partial charge in [-0.05, 0) is 49.6 Å². The van der Waals surface area contributed by atoms with Crippen LogP contribution in [0.25, 0.3) is 0 Å². The van der Waals surface area contributed by atoms with Crippen molar-refractivity contribution < 1.29 is 19.2 Å². The maximum atomic E-state index is 12.8. The Bertz CT molecular complexity index is 882. The van der Waals surface area contributed by atoms with Crippen LogP contribution in [0.1, 0.15) is 27.0 Å². The molecule has 2 N–H and O–H groups in total.